The first-order chi connectivity index (χ1) is 7.99. The molecule has 1 aromatic rings. The molecule has 0 saturated carbocycles. The fraction of sp³-hybridized carbons (Fsp3) is 0.667. The largest absolute Gasteiger partial charge is 0.318 e. The second-order valence-electron chi connectivity index (χ2n) is 4.52. The van der Waals surface area contributed by atoms with Crippen LogP contribution in [0.2, 0.25) is 0 Å². The molecule has 0 aliphatic heterocycles. The van der Waals surface area contributed by atoms with Gasteiger partial charge in [0.05, 0.1) is 11.2 Å². The van der Waals surface area contributed by atoms with Crippen LogP contribution in [0.1, 0.15) is 45.7 Å². The van der Waals surface area contributed by atoms with Crippen LogP contribution in [0.3, 0.4) is 0 Å². The number of amides is 1. The molecule has 96 valence electrons. The molecule has 0 aliphatic carbocycles. The minimum atomic E-state index is -0.814. The van der Waals surface area contributed by atoms with Crippen LogP contribution in [-0.2, 0) is 11.2 Å². The number of rotatable bonds is 6. The van der Waals surface area contributed by atoms with Crippen LogP contribution in [0.5, 0.6) is 0 Å². The van der Waals surface area contributed by atoms with Crippen molar-refractivity contribution in [2.45, 2.75) is 52.0 Å². The molecule has 0 aromatic carbocycles. The van der Waals surface area contributed by atoms with Gasteiger partial charge in [-0.3, -0.25) is 4.79 Å². The third-order valence-electron chi connectivity index (χ3n) is 2.57. The third-order valence-corrected chi connectivity index (χ3v) is 3.37. The molecule has 1 aromatic heterocycles. The Morgan fingerprint density at radius 2 is 2.24 bits per heavy atom. The summed E-state index contributed by atoms with van der Waals surface area (Å²) in [6, 6.07) is 0. The van der Waals surface area contributed by atoms with E-state index in [1.165, 1.54) is 11.3 Å². The van der Waals surface area contributed by atoms with Crippen LogP contribution in [0.25, 0.3) is 0 Å². The maximum absolute atomic E-state index is 11.9. The Labute approximate surface area is 107 Å². The van der Waals surface area contributed by atoms with Crippen molar-refractivity contribution in [3.8, 4) is 0 Å². The summed E-state index contributed by atoms with van der Waals surface area (Å²) < 4.78 is 0. The first-order valence-electron chi connectivity index (χ1n) is 6.04. The number of carbonyl (C=O) groups is 1. The molecule has 0 spiro atoms. The molecule has 3 N–H and O–H groups in total. The van der Waals surface area contributed by atoms with E-state index in [2.05, 4.69) is 17.2 Å². The zero-order chi connectivity index (χ0) is 12.9. The van der Waals surface area contributed by atoms with Crippen molar-refractivity contribution in [1.29, 1.82) is 0 Å². The lowest BCUT2D eigenvalue weighted by Gasteiger charge is -2.21. The van der Waals surface area contributed by atoms with Gasteiger partial charge < -0.3 is 11.1 Å². The number of thiazole rings is 1. The van der Waals surface area contributed by atoms with E-state index >= 15 is 0 Å². The molecular weight excluding hydrogens is 234 g/mol. The van der Waals surface area contributed by atoms with Crippen molar-refractivity contribution in [2.75, 3.05) is 5.32 Å². The fourth-order valence-corrected chi connectivity index (χ4v) is 2.35. The van der Waals surface area contributed by atoms with Crippen LogP contribution in [0.15, 0.2) is 5.38 Å². The van der Waals surface area contributed by atoms with Gasteiger partial charge in [-0.05, 0) is 19.8 Å². The van der Waals surface area contributed by atoms with Crippen LogP contribution in [0, 0.1) is 0 Å². The molecule has 1 heterocycles. The lowest BCUT2D eigenvalue weighted by Crippen LogP contribution is -2.48. The number of nitrogens with zero attached hydrogens (tertiary/aromatic N) is 1. The van der Waals surface area contributed by atoms with E-state index in [0.29, 0.717) is 11.6 Å². The number of nitrogens with two attached hydrogens (primary N) is 1. The lowest BCUT2D eigenvalue weighted by atomic mass is 9.97. The second-order valence-corrected chi connectivity index (χ2v) is 5.37. The molecule has 5 heteroatoms. The molecular formula is C12H21N3OS. The first kappa shape index (κ1) is 14.1. The highest BCUT2D eigenvalue weighted by molar-refractivity contribution is 7.13. The van der Waals surface area contributed by atoms with E-state index in [9.17, 15) is 4.79 Å². The summed E-state index contributed by atoms with van der Waals surface area (Å²) >= 11 is 1.45. The van der Waals surface area contributed by atoms with E-state index in [-0.39, 0.29) is 5.91 Å². The van der Waals surface area contributed by atoms with Gasteiger partial charge >= 0.3 is 0 Å². The van der Waals surface area contributed by atoms with Gasteiger partial charge in [-0.25, -0.2) is 4.98 Å². The van der Waals surface area contributed by atoms with Crippen molar-refractivity contribution >= 4 is 22.4 Å². The average Bonchev–Trinajstić information content (AvgIpc) is 2.66. The molecule has 1 amide bonds. The van der Waals surface area contributed by atoms with Gasteiger partial charge in [-0.15, -0.1) is 11.3 Å². The number of anilines is 1. The molecule has 17 heavy (non-hydrogen) atoms. The summed E-state index contributed by atoms with van der Waals surface area (Å²) in [4.78, 5) is 16.3. The lowest BCUT2D eigenvalue weighted by molar-refractivity contribution is -0.120. The van der Waals surface area contributed by atoms with E-state index < -0.39 is 5.54 Å². The van der Waals surface area contributed by atoms with E-state index in [0.717, 1.165) is 25.0 Å². The average molecular weight is 255 g/mol. The normalized spacial score (nSPS) is 14.4. The molecule has 0 fully saturated rings. The Bertz CT molecular complexity index is 374. The highest BCUT2D eigenvalue weighted by Gasteiger charge is 2.27. The van der Waals surface area contributed by atoms with Crippen molar-refractivity contribution in [2.24, 2.45) is 5.73 Å². The molecule has 1 rings (SSSR count). The van der Waals surface area contributed by atoms with Gasteiger partial charge in [0.1, 0.15) is 0 Å². The Kier molecular flexibility index (Phi) is 5.08. The molecule has 1 unspecified atom stereocenters. The summed E-state index contributed by atoms with van der Waals surface area (Å²) in [5.74, 6) is -0.156. The quantitative estimate of drug-likeness (QED) is 0.821. The van der Waals surface area contributed by atoms with Crippen molar-refractivity contribution in [3.63, 3.8) is 0 Å². The zero-order valence-electron chi connectivity index (χ0n) is 10.7. The van der Waals surface area contributed by atoms with E-state index in [1.807, 2.05) is 12.3 Å². The summed E-state index contributed by atoms with van der Waals surface area (Å²) in [6.45, 7) is 5.88. The summed E-state index contributed by atoms with van der Waals surface area (Å²) in [7, 11) is 0. The minimum absolute atomic E-state index is 0.156. The number of carbonyl (C=O) groups excluding carboxylic acids is 1. The van der Waals surface area contributed by atoms with Crippen molar-refractivity contribution in [3.05, 3.63) is 11.1 Å². The van der Waals surface area contributed by atoms with E-state index in [4.69, 9.17) is 5.73 Å². The SMILES string of the molecule is CCCc1csc(NC(=O)C(C)(N)CCC)n1. The molecule has 1 atom stereocenters. The van der Waals surface area contributed by atoms with Crippen LogP contribution >= 0.6 is 11.3 Å². The van der Waals surface area contributed by atoms with Gasteiger partial charge in [0.2, 0.25) is 5.91 Å². The topological polar surface area (TPSA) is 68.0 Å². The smallest absolute Gasteiger partial charge is 0.245 e. The van der Waals surface area contributed by atoms with Gasteiger partial charge in [0, 0.05) is 5.38 Å². The molecule has 0 saturated heterocycles. The zero-order valence-corrected chi connectivity index (χ0v) is 11.6. The maximum atomic E-state index is 11.9. The predicted molar refractivity (Wildman–Crippen MR) is 72.2 cm³/mol. The highest BCUT2D eigenvalue weighted by atomic mass is 32.1. The molecule has 0 radical (unpaired) electrons. The number of hydrogen-bond acceptors (Lipinski definition) is 4. The summed E-state index contributed by atoms with van der Waals surface area (Å²) in [5, 5.41) is 5.41. The van der Waals surface area contributed by atoms with Gasteiger partial charge in [0.15, 0.2) is 5.13 Å². The molecule has 0 bridgehead atoms. The van der Waals surface area contributed by atoms with Crippen LogP contribution in [0.4, 0.5) is 5.13 Å². The molecule has 4 nitrogen and oxygen atoms in total. The molecule has 0 aliphatic rings. The van der Waals surface area contributed by atoms with Crippen LogP contribution < -0.4 is 11.1 Å². The second kappa shape index (κ2) is 6.12. The Morgan fingerprint density at radius 1 is 1.53 bits per heavy atom. The third kappa shape index (κ3) is 4.09. The Hall–Kier alpha value is -0.940. The standard InChI is InChI=1S/C12H21N3OS/c1-4-6-9-8-17-11(14-9)15-10(16)12(3,13)7-5-2/h8H,4-7,13H2,1-3H3,(H,14,15,16). The Balaban J connectivity index is 2.61. The van der Waals surface area contributed by atoms with Gasteiger partial charge in [0.25, 0.3) is 0 Å². The summed E-state index contributed by atoms with van der Waals surface area (Å²) in [5.41, 5.74) is 6.16. The number of aromatic nitrogens is 1. The number of aryl methyl sites for hydroxylation is 1. The summed E-state index contributed by atoms with van der Waals surface area (Å²) in [6.07, 6.45) is 3.56. The Morgan fingerprint density at radius 3 is 2.82 bits per heavy atom. The van der Waals surface area contributed by atoms with Crippen LogP contribution in [-0.4, -0.2) is 16.4 Å². The number of hydrogen-bond donors (Lipinski definition) is 2. The van der Waals surface area contributed by atoms with E-state index in [1.54, 1.807) is 6.92 Å². The van der Waals surface area contributed by atoms with Crippen molar-refractivity contribution < 1.29 is 4.79 Å². The first-order valence-corrected chi connectivity index (χ1v) is 6.92. The maximum Gasteiger partial charge on any atom is 0.245 e. The number of nitrogens with one attached hydrogen (secondary N) is 1. The van der Waals surface area contributed by atoms with Gasteiger partial charge in [-0.1, -0.05) is 26.7 Å². The monoisotopic (exact) mass is 255 g/mol. The minimum Gasteiger partial charge on any atom is -0.318 e. The van der Waals surface area contributed by atoms with Crippen molar-refractivity contribution in [1.82, 2.24) is 4.98 Å². The predicted octanol–water partition coefficient (Wildman–Crippen LogP) is 2.55. The van der Waals surface area contributed by atoms with Gasteiger partial charge in [-0.2, -0.15) is 0 Å². The fourth-order valence-electron chi connectivity index (χ4n) is 1.61. The highest BCUT2D eigenvalue weighted by Crippen LogP contribution is 2.19.